The molecule has 1 heterocycles. The smallest absolute Gasteiger partial charge is 0.322 e. The molecule has 4 nitrogen and oxygen atoms in total. The monoisotopic (exact) mass is 466 g/mol. The summed E-state index contributed by atoms with van der Waals surface area (Å²) in [6.07, 6.45) is -3.03. The van der Waals surface area contributed by atoms with Crippen molar-refractivity contribution in [3.63, 3.8) is 0 Å². The van der Waals surface area contributed by atoms with E-state index in [2.05, 4.69) is 10.2 Å². The average molecular weight is 467 g/mol. The van der Waals surface area contributed by atoms with Crippen LogP contribution in [0.1, 0.15) is 40.4 Å². The fraction of sp³-hybridized carbons (Fsp3) is 0.259. The van der Waals surface area contributed by atoms with Crippen LogP contribution in [0.3, 0.4) is 0 Å². The van der Waals surface area contributed by atoms with Crippen LogP contribution in [0.4, 0.5) is 18.9 Å². The Morgan fingerprint density at radius 2 is 1.71 bits per heavy atom. The number of carbonyl (C=O) groups excluding carboxylic acids is 2. The number of benzene rings is 3. The average Bonchev–Trinajstić information content (AvgIpc) is 2.82. The molecule has 3 aromatic carbocycles. The molecule has 176 valence electrons. The Bertz CT molecular complexity index is 1200. The zero-order chi connectivity index (χ0) is 24.3. The van der Waals surface area contributed by atoms with Crippen molar-refractivity contribution < 1.29 is 22.8 Å². The van der Waals surface area contributed by atoms with E-state index in [0.717, 1.165) is 43.8 Å². The maximum absolute atomic E-state index is 13.1. The van der Waals surface area contributed by atoms with Crippen molar-refractivity contribution in [1.82, 2.24) is 4.90 Å². The number of rotatable bonds is 6. The summed E-state index contributed by atoms with van der Waals surface area (Å²) in [7, 11) is 0. The number of fused-ring (bicyclic) bond motifs is 1. The predicted octanol–water partition coefficient (Wildman–Crippen LogP) is 5.96. The molecule has 1 aliphatic rings. The molecule has 0 saturated heterocycles. The van der Waals surface area contributed by atoms with Crippen molar-refractivity contribution in [1.29, 1.82) is 0 Å². The van der Waals surface area contributed by atoms with E-state index < -0.39 is 11.7 Å². The van der Waals surface area contributed by atoms with E-state index in [-0.39, 0.29) is 11.7 Å². The third kappa shape index (κ3) is 5.54. The van der Waals surface area contributed by atoms with Crippen molar-refractivity contribution in [2.45, 2.75) is 32.5 Å². The predicted molar refractivity (Wildman–Crippen MR) is 126 cm³/mol. The van der Waals surface area contributed by atoms with Crippen molar-refractivity contribution in [2.24, 2.45) is 0 Å². The van der Waals surface area contributed by atoms with E-state index >= 15 is 0 Å². The lowest BCUT2D eigenvalue weighted by molar-refractivity contribution is -0.137. The number of nitrogens with one attached hydrogen (secondary N) is 1. The lowest BCUT2D eigenvalue weighted by atomic mass is 9.97. The van der Waals surface area contributed by atoms with Crippen LogP contribution in [-0.2, 0) is 23.9 Å². The van der Waals surface area contributed by atoms with Gasteiger partial charge in [0, 0.05) is 37.3 Å². The second-order valence-corrected chi connectivity index (χ2v) is 8.54. The Morgan fingerprint density at radius 3 is 2.41 bits per heavy atom. The fourth-order valence-corrected chi connectivity index (χ4v) is 4.17. The molecule has 4 rings (SSSR count). The van der Waals surface area contributed by atoms with Gasteiger partial charge in [-0.1, -0.05) is 36.4 Å². The molecule has 0 fully saturated rings. The summed E-state index contributed by atoms with van der Waals surface area (Å²) in [6.45, 7) is 3.97. The van der Waals surface area contributed by atoms with Crippen LogP contribution in [-0.4, -0.2) is 29.7 Å². The number of hydrogen-bond acceptors (Lipinski definition) is 3. The maximum atomic E-state index is 13.1. The minimum absolute atomic E-state index is 0.181. The number of anilines is 1. The van der Waals surface area contributed by atoms with Gasteiger partial charge in [0.25, 0.3) is 5.91 Å². The molecule has 0 aliphatic carbocycles. The SMILES string of the molecule is CC(=O)CCN1CCc2cc(NC(=O)c3ccccc3-c3ccc(C(F)(F)F)cc3)ccc2C1. The number of Topliss-reactive ketones (excluding diaryl/α,β-unsaturated/α-hetero) is 1. The van der Waals surface area contributed by atoms with Gasteiger partial charge in [0.1, 0.15) is 5.78 Å². The summed E-state index contributed by atoms with van der Waals surface area (Å²) in [5, 5.41) is 2.93. The molecule has 0 unspecified atom stereocenters. The molecule has 0 aromatic heterocycles. The zero-order valence-electron chi connectivity index (χ0n) is 18.8. The third-order valence-corrected chi connectivity index (χ3v) is 6.03. The first-order valence-corrected chi connectivity index (χ1v) is 11.1. The molecule has 0 atom stereocenters. The first-order chi connectivity index (χ1) is 16.2. The van der Waals surface area contributed by atoms with Gasteiger partial charge in [0.15, 0.2) is 0 Å². The number of alkyl halides is 3. The zero-order valence-corrected chi connectivity index (χ0v) is 18.8. The minimum atomic E-state index is -4.41. The summed E-state index contributed by atoms with van der Waals surface area (Å²) >= 11 is 0. The highest BCUT2D eigenvalue weighted by Gasteiger charge is 2.30. The van der Waals surface area contributed by atoms with Crippen LogP contribution in [0, 0.1) is 0 Å². The fourth-order valence-electron chi connectivity index (χ4n) is 4.17. The van der Waals surface area contributed by atoms with Crippen LogP contribution < -0.4 is 5.32 Å². The number of carbonyl (C=O) groups is 2. The molecule has 0 radical (unpaired) electrons. The summed E-state index contributed by atoms with van der Waals surface area (Å²) in [5.74, 6) is -0.144. The summed E-state index contributed by atoms with van der Waals surface area (Å²) in [4.78, 5) is 26.6. The van der Waals surface area contributed by atoms with Crippen LogP contribution in [0.15, 0.2) is 66.7 Å². The standard InChI is InChI=1S/C27H25F3N2O2/c1-18(33)12-14-32-15-13-20-16-23(11-8-21(20)17-32)31-26(34)25-5-3-2-4-24(25)19-6-9-22(10-7-19)27(28,29)30/h2-11,16H,12-15,17H2,1H3,(H,31,34). The van der Waals surface area contributed by atoms with Gasteiger partial charge in [-0.25, -0.2) is 0 Å². The van der Waals surface area contributed by atoms with E-state index in [1.165, 1.54) is 17.7 Å². The normalized spacial score (nSPS) is 13.9. The minimum Gasteiger partial charge on any atom is -0.322 e. The topological polar surface area (TPSA) is 49.4 Å². The van der Waals surface area contributed by atoms with Crippen LogP contribution in [0.25, 0.3) is 11.1 Å². The highest BCUT2D eigenvalue weighted by atomic mass is 19.4. The quantitative estimate of drug-likeness (QED) is 0.488. The maximum Gasteiger partial charge on any atom is 0.416 e. The Kier molecular flexibility index (Phi) is 6.84. The summed E-state index contributed by atoms with van der Waals surface area (Å²) < 4.78 is 38.7. The molecule has 7 heteroatoms. The number of ketones is 1. The number of nitrogens with zero attached hydrogens (tertiary/aromatic N) is 1. The summed E-state index contributed by atoms with van der Waals surface area (Å²) in [6, 6.07) is 17.5. The van der Waals surface area contributed by atoms with Gasteiger partial charge in [-0.05, 0) is 65.9 Å². The molecule has 3 aromatic rings. The van der Waals surface area contributed by atoms with Gasteiger partial charge in [-0.15, -0.1) is 0 Å². The Morgan fingerprint density at radius 1 is 0.971 bits per heavy atom. The van der Waals surface area contributed by atoms with Gasteiger partial charge in [0.2, 0.25) is 0 Å². The molecule has 1 amide bonds. The van der Waals surface area contributed by atoms with Gasteiger partial charge in [-0.3, -0.25) is 14.5 Å². The number of halogens is 3. The van der Waals surface area contributed by atoms with Gasteiger partial charge >= 0.3 is 6.18 Å². The molecular formula is C27H25F3N2O2. The van der Waals surface area contributed by atoms with Crippen LogP contribution in [0.2, 0.25) is 0 Å². The lowest BCUT2D eigenvalue weighted by Crippen LogP contribution is -2.32. The largest absolute Gasteiger partial charge is 0.416 e. The Hall–Kier alpha value is -3.45. The first kappa shape index (κ1) is 23.7. The molecule has 34 heavy (non-hydrogen) atoms. The van der Waals surface area contributed by atoms with Gasteiger partial charge < -0.3 is 5.32 Å². The molecule has 0 saturated carbocycles. The van der Waals surface area contributed by atoms with Crippen LogP contribution in [0.5, 0.6) is 0 Å². The second kappa shape index (κ2) is 9.81. The first-order valence-electron chi connectivity index (χ1n) is 11.1. The van der Waals surface area contributed by atoms with E-state index in [4.69, 9.17) is 0 Å². The highest BCUT2D eigenvalue weighted by molar-refractivity contribution is 6.08. The van der Waals surface area contributed by atoms with Crippen molar-refractivity contribution >= 4 is 17.4 Å². The van der Waals surface area contributed by atoms with Crippen molar-refractivity contribution in [2.75, 3.05) is 18.4 Å². The van der Waals surface area contributed by atoms with Crippen molar-refractivity contribution in [3.05, 3.63) is 89.0 Å². The van der Waals surface area contributed by atoms with E-state index in [9.17, 15) is 22.8 Å². The summed E-state index contributed by atoms with van der Waals surface area (Å²) in [5.41, 5.74) is 3.76. The molecule has 0 bridgehead atoms. The molecule has 1 aliphatic heterocycles. The lowest BCUT2D eigenvalue weighted by Gasteiger charge is -2.28. The van der Waals surface area contributed by atoms with E-state index in [1.54, 1.807) is 31.2 Å². The van der Waals surface area contributed by atoms with Crippen molar-refractivity contribution in [3.8, 4) is 11.1 Å². The number of hydrogen-bond donors (Lipinski definition) is 1. The van der Waals surface area contributed by atoms with E-state index in [0.29, 0.717) is 28.8 Å². The molecular weight excluding hydrogens is 441 g/mol. The molecule has 0 spiro atoms. The third-order valence-electron chi connectivity index (χ3n) is 6.03. The second-order valence-electron chi connectivity index (χ2n) is 8.54. The Balaban J connectivity index is 1.50. The van der Waals surface area contributed by atoms with Gasteiger partial charge in [0.05, 0.1) is 5.56 Å². The molecule has 1 N–H and O–H groups in total. The van der Waals surface area contributed by atoms with Crippen LogP contribution >= 0.6 is 0 Å². The van der Waals surface area contributed by atoms with E-state index in [1.807, 2.05) is 18.2 Å². The highest BCUT2D eigenvalue weighted by Crippen LogP contribution is 2.32. The Labute approximate surface area is 196 Å². The number of amides is 1. The van der Waals surface area contributed by atoms with Gasteiger partial charge in [-0.2, -0.15) is 13.2 Å².